The third-order valence-electron chi connectivity index (χ3n) is 2.68. The molecule has 0 aliphatic carbocycles. The van der Waals surface area contributed by atoms with Gasteiger partial charge >= 0.3 is 5.97 Å². The first-order chi connectivity index (χ1) is 8.64. The number of aliphatic carboxylic acids is 1. The zero-order chi connectivity index (χ0) is 14.8. The molecule has 1 N–H and O–H groups in total. The highest BCUT2D eigenvalue weighted by atomic mass is 32.2. The van der Waals surface area contributed by atoms with E-state index in [9.17, 15) is 17.6 Å². The fourth-order valence-corrected chi connectivity index (χ4v) is 2.97. The van der Waals surface area contributed by atoms with Crippen LogP contribution in [0.15, 0.2) is 23.1 Å². The number of carbonyl (C=O) groups is 1. The van der Waals surface area contributed by atoms with Crippen molar-refractivity contribution in [1.82, 2.24) is 4.31 Å². The third-order valence-corrected chi connectivity index (χ3v) is 4.48. The lowest BCUT2D eigenvalue weighted by Crippen LogP contribution is -2.33. The van der Waals surface area contributed by atoms with Crippen molar-refractivity contribution in [1.29, 1.82) is 0 Å². The van der Waals surface area contributed by atoms with Gasteiger partial charge in [-0.05, 0) is 30.7 Å². The Morgan fingerprint density at radius 3 is 2.47 bits per heavy atom. The molecule has 0 spiro atoms. The topological polar surface area (TPSA) is 74.7 Å². The van der Waals surface area contributed by atoms with Crippen LogP contribution in [0.3, 0.4) is 0 Å². The summed E-state index contributed by atoms with van der Waals surface area (Å²) in [7, 11) is -2.61. The first-order valence-corrected chi connectivity index (χ1v) is 7.05. The zero-order valence-corrected chi connectivity index (χ0v) is 11.7. The van der Waals surface area contributed by atoms with Crippen LogP contribution in [0, 0.1) is 18.7 Å². The maximum Gasteiger partial charge on any atom is 0.307 e. The molecule has 106 valence electrons. The summed E-state index contributed by atoms with van der Waals surface area (Å²) in [5.41, 5.74) is 0.484. The number of sulfonamides is 1. The summed E-state index contributed by atoms with van der Waals surface area (Å²) >= 11 is 0. The predicted octanol–water partition coefficient (Wildman–Crippen LogP) is 1.48. The quantitative estimate of drug-likeness (QED) is 0.891. The molecule has 0 saturated carbocycles. The maximum absolute atomic E-state index is 13.2. The second kappa shape index (κ2) is 5.66. The Bertz CT molecular complexity index is 565. The number of benzene rings is 1. The van der Waals surface area contributed by atoms with Crippen LogP contribution in [0.5, 0.6) is 0 Å². The maximum atomic E-state index is 13.2. The summed E-state index contributed by atoms with van der Waals surface area (Å²) < 4.78 is 38.5. The molecule has 0 bridgehead atoms. The van der Waals surface area contributed by atoms with E-state index in [4.69, 9.17) is 5.11 Å². The number of carboxylic acids is 1. The van der Waals surface area contributed by atoms with Gasteiger partial charge < -0.3 is 5.11 Å². The molecule has 0 aromatic heterocycles. The van der Waals surface area contributed by atoms with E-state index in [-0.39, 0.29) is 11.4 Å². The van der Waals surface area contributed by atoms with E-state index in [1.807, 2.05) is 0 Å². The van der Waals surface area contributed by atoms with E-state index in [1.54, 1.807) is 6.92 Å². The van der Waals surface area contributed by atoms with E-state index in [1.165, 1.54) is 26.1 Å². The van der Waals surface area contributed by atoms with Crippen LogP contribution in [0.25, 0.3) is 0 Å². The van der Waals surface area contributed by atoms with E-state index in [0.29, 0.717) is 5.56 Å². The molecule has 1 unspecified atom stereocenters. The summed E-state index contributed by atoms with van der Waals surface area (Å²) in [6.07, 6.45) is 0. The van der Waals surface area contributed by atoms with Crippen LogP contribution in [0.2, 0.25) is 0 Å². The number of carboxylic acid groups (broad SMARTS) is 1. The predicted molar refractivity (Wildman–Crippen MR) is 67.8 cm³/mol. The van der Waals surface area contributed by atoms with Gasteiger partial charge in [0.2, 0.25) is 10.0 Å². The Hall–Kier alpha value is -1.47. The summed E-state index contributed by atoms with van der Waals surface area (Å²) in [5, 5.41) is 8.77. The third kappa shape index (κ3) is 3.74. The molecular weight excluding hydrogens is 273 g/mol. The van der Waals surface area contributed by atoms with Crippen LogP contribution in [-0.2, 0) is 14.8 Å². The van der Waals surface area contributed by atoms with Gasteiger partial charge in [-0.2, -0.15) is 0 Å². The molecule has 0 heterocycles. The fraction of sp³-hybridized carbons (Fsp3) is 0.417. The molecule has 0 aliphatic heterocycles. The Morgan fingerprint density at radius 1 is 1.42 bits per heavy atom. The average molecular weight is 289 g/mol. The van der Waals surface area contributed by atoms with Crippen molar-refractivity contribution < 1.29 is 22.7 Å². The SMILES string of the molecule is Cc1cc(F)cc(S(=O)(=O)N(C)CC(C)C(=O)O)c1. The van der Waals surface area contributed by atoms with Gasteiger partial charge in [-0.1, -0.05) is 6.92 Å². The van der Waals surface area contributed by atoms with E-state index >= 15 is 0 Å². The molecule has 1 aromatic rings. The second-order valence-electron chi connectivity index (χ2n) is 4.49. The van der Waals surface area contributed by atoms with Gasteiger partial charge in [-0.15, -0.1) is 0 Å². The molecular formula is C12H16FNO4S. The monoisotopic (exact) mass is 289 g/mol. The van der Waals surface area contributed by atoms with Crippen molar-refractivity contribution >= 4 is 16.0 Å². The van der Waals surface area contributed by atoms with Crippen molar-refractivity contribution in [2.45, 2.75) is 18.7 Å². The van der Waals surface area contributed by atoms with Crippen LogP contribution in [0.4, 0.5) is 4.39 Å². The lowest BCUT2D eigenvalue weighted by molar-refractivity contribution is -0.141. The Morgan fingerprint density at radius 2 is 2.00 bits per heavy atom. The Labute approximate surface area is 111 Å². The van der Waals surface area contributed by atoms with E-state index < -0.39 is 27.7 Å². The van der Waals surface area contributed by atoms with Crippen LogP contribution in [0.1, 0.15) is 12.5 Å². The van der Waals surface area contributed by atoms with Crippen molar-refractivity contribution in [2.24, 2.45) is 5.92 Å². The number of halogens is 1. The summed E-state index contributed by atoms with van der Waals surface area (Å²) in [5.74, 6) is -2.56. The Kier molecular flexibility index (Phi) is 4.65. The molecule has 0 amide bonds. The van der Waals surface area contributed by atoms with Gasteiger partial charge in [0.15, 0.2) is 0 Å². The fourth-order valence-electron chi connectivity index (χ4n) is 1.59. The highest BCUT2D eigenvalue weighted by molar-refractivity contribution is 7.89. The first kappa shape index (κ1) is 15.6. The molecule has 19 heavy (non-hydrogen) atoms. The minimum atomic E-state index is -3.88. The molecule has 1 aromatic carbocycles. The molecule has 0 fully saturated rings. The average Bonchev–Trinajstić information content (AvgIpc) is 2.27. The van der Waals surface area contributed by atoms with Gasteiger partial charge in [-0.25, -0.2) is 17.1 Å². The van der Waals surface area contributed by atoms with Crippen molar-refractivity contribution in [3.8, 4) is 0 Å². The normalized spacial score (nSPS) is 13.5. The van der Waals surface area contributed by atoms with Crippen molar-refractivity contribution in [3.63, 3.8) is 0 Å². The van der Waals surface area contributed by atoms with Crippen LogP contribution < -0.4 is 0 Å². The standard InChI is InChI=1S/C12H16FNO4S/c1-8-4-10(13)6-11(5-8)19(17,18)14(3)7-9(2)12(15)16/h4-6,9H,7H2,1-3H3,(H,15,16). The summed E-state index contributed by atoms with van der Waals surface area (Å²) in [6, 6.07) is 3.49. The molecule has 1 atom stereocenters. The molecule has 7 heteroatoms. The Balaban J connectivity index is 3.06. The highest BCUT2D eigenvalue weighted by Crippen LogP contribution is 2.18. The van der Waals surface area contributed by atoms with Gasteiger partial charge in [0.05, 0.1) is 10.8 Å². The molecule has 0 saturated heterocycles. The second-order valence-corrected chi connectivity index (χ2v) is 6.53. The number of nitrogens with zero attached hydrogens (tertiary/aromatic N) is 1. The lowest BCUT2D eigenvalue weighted by atomic mass is 10.2. The number of aryl methyl sites for hydroxylation is 1. The van der Waals surface area contributed by atoms with Gasteiger partial charge in [0.1, 0.15) is 5.82 Å². The number of rotatable bonds is 5. The zero-order valence-electron chi connectivity index (χ0n) is 10.9. The van der Waals surface area contributed by atoms with Crippen LogP contribution in [-0.4, -0.2) is 37.4 Å². The first-order valence-electron chi connectivity index (χ1n) is 5.61. The highest BCUT2D eigenvalue weighted by Gasteiger charge is 2.25. The molecule has 1 rings (SSSR count). The van der Waals surface area contributed by atoms with Crippen molar-refractivity contribution in [3.05, 3.63) is 29.6 Å². The van der Waals surface area contributed by atoms with Crippen molar-refractivity contribution in [2.75, 3.05) is 13.6 Å². The van der Waals surface area contributed by atoms with E-state index in [2.05, 4.69) is 0 Å². The minimum Gasteiger partial charge on any atom is -0.481 e. The number of hydrogen-bond donors (Lipinski definition) is 1. The summed E-state index contributed by atoms with van der Waals surface area (Å²) in [6.45, 7) is 2.82. The van der Waals surface area contributed by atoms with Gasteiger partial charge in [-0.3, -0.25) is 4.79 Å². The van der Waals surface area contributed by atoms with E-state index in [0.717, 1.165) is 10.4 Å². The number of hydrogen-bond acceptors (Lipinski definition) is 3. The summed E-state index contributed by atoms with van der Waals surface area (Å²) in [4.78, 5) is 10.5. The minimum absolute atomic E-state index is 0.173. The van der Waals surface area contributed by atoms with Crippen LogP contribution >= 0.6 is 0 Å². The molecule has 0 radical (unpaired) electrons. The molecule has 0 aliphatic rings. The lowest BCUT2D eigenvalue weighted by Gasteiger charge is -2.19. The van der Waals surface area contributed by atoms with Gasteiger partial charge in [0.25, 0.3) is 0 Å². The molecule has 5 nitrogen and oxygen atoms in total. The smallest absolute Gasteiger partial charge is 0.307 e. The largest absolute Gasteiger partial charge is 0.481 e. The van der Waals surface area contributed by atoms with Gasteiger partial charge in [0, 0.05) is 13.6 Å².